The first-order chi connectivity index (χ1) is 7.38. The molecular formula is C8H16O8. The lowest BCUT2D eigenvalue weighted by Crippen LogP contribution is -2.69. The Hall–Kier alpha value is -0.320. The van der Waals surface area contributed by atoms with Crippen molar-refractivity contribution in [1.29, 1.82) is 0 Å². The Balaban J connectivity index is 2.93. The van der Waals surface area contributed by atoms with E-state index in [1.807, 2.05) is 0 Å². The minimum Gasteiger partial charge on any atom is -0.394 e. The Kier molecular flexibility index (Phi) is 4.21. The first kappa shape index (κ1) is 13.7. The van der Waals surface area contributed by atoms with Crippen molar-refractivity contribution in [3.8, 4) is 0 Å². The minimum absolute atomic E-state index is 0.731. The highest BCUT2D eigenvalue weighted by molar-refractivity contribution is 4.99. The molecule has 0 unspecified atom stereocenters. The monoisotopic (exact) mass is 240 g/mol. The predicted molar refractivity (Wildman–Crippen MR) is 48.0 cm³/mol. The number of ether oxygens (including phenoxy) is 1. The van der Waals surface area contributed by atoms with Gasteiger partial charge in [-0.3, -0.25) is 0 Å². The van der Waals surface area contributed by atoms with E-state index in [0.717, 1.165) is 0 Å². The Labute approximate surface area is 91.0 Å². The topological polar surface area (TPSA) is 151 Å². The van der Waals surface area contributed by atoms with Crippen LogP contribution in [-0.4, -0.2) is 85.3 Å². The van der Waals surface area contributed by atoms with Crippen molar-refractivity contribution in [2.75, 3.05) is 13.2 Å². The number of aliphatic hydroxyl groups is 7. The predicted octanol–water partition coefficient (Wildman–Crippen LogP) is -4.50. The number of hydrogen-bond donors (Lipinski definition) is 7. The number of rotatable bonds is 3. The third-order valence-electron chi connectivity index (χ3n) is 2.65. The summed E-state index contributed by atoms with van der Waals surface area (Å²) < 4.78 is 4.71. The maximum Gasteiger partial charge on any atom is 0.224 e. The van der Waals surface area contributed by atoms with Gasteiger partial charge in [-0.2, -0.15) is 0 Å². The molecule has 0 aliphatic carbocycles. The van der Waals surface area contributed by atoms with Gasteiger partial charge in [0.05, 0.1) is 13.2 Å². The molecule has 1 heterocycles. The zero-order valence-electron chi connectivity index (χ0n) is 8.34. The Bertz CT molecular complexity index is 234. The molecule has 0 bridgehead atoms. The van der Waals surface area contributed by atoms with Crippen LogP contribution in [0.25, 0.3) is 0 Å². The van der Waals surface area contributed by atoms with E-state index in [0.29, 0.717) is 0 Å². The van der Waals surface area contributed by atoms with Crippen molar-refractivity contribution >= 4 is 0 Å². The second kappa shape index (κ2) is 4.90. The SMILES string of the molecule is OC[C@H]1O[C@@](O)([C@@H](O)CO)[C@H](O)[C@@H](O)[C@@H]1O. The molecule has 1 aliphatic heterocycles. The second-order valence-electron chi connectivity index (χ2n) is 3.72. The Morgan fingerprint density at radius 2 is 1.69 bits per heavy atom. The summed E-state index contributed by atoms with van der Waals surface area (Å²) in [5, 5.41) is 64.7. The van der Waals surface area contributed by atoms with Gasteiger partial charge in [-0.15, -0.1) is 0 Å². The van der Waals surface area contributed by atoms with Crippen LogP contribution in [0.3, 0.4) is 0 Å². The van der Waals surface area contributed by atoms with Crippen LogP contribution in [0, 0.1) is 0 Å². The standard InChI is InChI=1S/C8H16O8/c9-1-3-5(12)6(13)7(14)8(15,16-3)4(11)2-10/h3-7,9-15H,1-2H2/t3-,4+,5-,6+,7-,8+/m1/s1. The zero-order valence-corrected chi connectivity index (χ0v) is 8.34. The van der Waals surface area contributed by atoms with Gasteiger partial charge in [0, 0.05) is 0 Å². The van der Waals surface area contributed by atoms with Crippen LogP contribution in [0.5, 0.6) is 0 Å². The molecule has 16 heavy (non-hydrogen) atoms. The van der Waals surface area contributed by atoms with Crippen LogP contribution in [0.4, 0.5) is 0 Å². The highest BCUT2D eigenvalue weighted by atomic mass is 16.7. The van der Waals surface area contributed by atoms with Gasteiger partial charge < -0.3 is 40.5 Å². The van der Waals surface area contributed by atoms with Gasteiger partial charge in [-0.1, -0.05) is 0 Å². The molecule has 6 atom stereocenters. The highest BCUT2D eigenvalue weighted by Gasteiger charge is 2.56. The fourth-order valence-electron chi connectivity index (χ4n) is 1.58. The Morgan fingerprint density at radius 1 is 1.12 bits per heavy atom. The largest absolute Gasteiger partial charge is 0.394 e. The fraction of sp³-hybridized carbons (Fsp3) is 1.00. The maximum absolute atomic E-state index is 9.73. The minimum atomic E-state index is -2.64. The van der Waals surface area contributed by atoms with Gasteiger partial charge in [0.15, 0.2) is 0 Å². The summed E-state index contributed by atoms with van der Waals surface area (Å²) in [5.41, 5.74) is 0. The van der Waals surface area contributed by atoms with Crippen molar-refractivity contribution in [1.82, 2.24) is 0 Å². The first-order valence-corrected chi connectivity index (χ1v) is 4.72. The van der Waals surface area contributed by atoms with Crippen LogP contribution in [-0.2, 0) is 4.74 Å². The summed E-state index contributed by atoms with van der Waals surface area (Å²) in [6, 6.07) is 0. The van der Waals surface area contributed by atoms with Gasteiger partial charge in [0.25, 0.3) is 0 Å². The van der Waals surface area contributed by atoms with Gasteiger partial charge in [0.2, 0.25) is 5.79 Å². The van der Waals surface area contributed by atoms with E-state index < -0.39 is 49.5 Å². The fourth-order valence-corrected chi connectivity index (χ4v) is 1.58. The lowest BCUT2D eigenvalue weighted by Gasteiger charge is -2.46. The molecule has 0 saturated carbocycles. The van der Waals surface area contributed by atoms with E-state index in [1.165, 1.54) is 0 Å². The van der Waals surface area contributed by atoms with Gasteiger partial charge >= 0.3 is 0 Å². The van der Waals surface area contributed by atoms with Crippen LogP contribution in [0.1, 0.15) is 0 Å². The van der Waals surface area contributed by atoms with Crippen LogP contribution in [0.15, 0.2) is 0 Å². The smallest absolute Gasteiger partial charge is 0.224 e. The van der Waals surface area contributed by atoms with Gasteiger partial charge in [0.1, 0.15) is 30.5 Å². The molecule has 96 valence electrons. The normalized spacial score (nSPS) is 46.7. The van der Waals surface area contributed by atoms with E-state index in [-0.39, 0.29) is 0 Å². The van der Waals surface area contributed by atoms with Crippen LogP contribution >= 0.6 is 0 Å². The third kappa shape index (κ3) is 2.06. The molecule has 1 fully saturated rings. The van der Waals surface area contributed by atoms with Gasteiger partial charge in [-0.05, 0) is 0 Å². The molecule has 7 N–H and O–H groups in total. The molecule has 0 aromatic heterocycles. The lowest BCUT2D eigenvalue weighted by atomic mass is 9.89. The van der Waals surface area contributed by atoms with E-state index in [2.05, 4.69) is 0 Å². The lowest BCUT2D eigenvalue weighted by molar-refractivity contribution is -0.378. The zero-order chi connectivity index (χ0) is 12.5. The molecule has 0 aromatic carbocycles. The maximum atomic E-state index is 9.73. The molecule has 8 heteroatoms. The van der Waals surface area contributed by atoms with Crippen LogP contribution in [0.2, 0.25) is 0 Å². The third-order valence-corrected chi connectivity index (χ3v) is 2.65. The highest BCUT2D eigenvalue weighted by Crippen LogP contribution is 2.30. The van der Waals surface area contributed by atoms with Crippen molar-refractivity contribution in [3.63, 3.8) is 0 Å². The van der Waals surface area contributed by atoms with Crippen molar-refractivity contribution < 1.29 is 40.5 Å². The second-order valence-corrected chi connectivity index (χ2v) is 3.72. The first-order valence-electron chi connectivity index (χ1n) is 4.72. The summed E-state index contributed by atoms with van der Waals surface area (Å²) >= 11 is 0. The van der Waals surface area contributed by atoms with Crippen molar-refractivity contribution in [2.45, 2.75) is 36.3 Å². The molecule has 0 amide bonds. The number of aliphatic hydroxyl groups excluding tert-OH is 6. The average molecular weight is 240 g/mol. The molecule has 1 saturated heterocycles. The van der Waals surface area contributed by atoms with Crippen molar-refractivity contribution in [3.05, 3.63) is 0 Å². The Morgan fingerprint density at radius 3 is 2.12 bits per heavy atom. The average Bonchev–Trinajstić information content (AvgIpc) is 2.30. The van der Waals surface area contributed by atoms with Gasteiger partial charge in [-0.25, -0.2) is 0 Å². The molecular weight excluding hydrogens is 224 g/mol. The summed E-state index contributed by atoms with van der Waals surface area (Å²) in [4.78, 5) is 0. The summed E-state index contributed by atoms with van der Waals surface area (Å²) in [7, 11) is 0. The molecule has 1 aliphatic rings. The van der Waals surface area contributed by atoms with E-state index in [1.54, 1.807) is 0 Å². The van der Waals surface area contributed by atoms with E-state index >= 15 is 0 Å². The molecule has 8 nitrogen and oxygen atoms in total. The molecule has 0 radical (unpaired) electrons. The summed E-state index contributed by atoms with van der Waals surface area (Å²) in [6.07, 6.45) is -8.67. The summed E-state index contributed by atoms with van der Waals surface area (Å²) in [5.74, 6) is -2.64. The number of hydrogen-bond acceptors (Lipinski definition) is 8. The van der Waals surface area contributed by atoms with Crippen LogP contribution < -0.4 is 0 Å². The van der Waals surface area contributed by atoms with E-state index in [9.17, 15) is 25.5 Å². The molecule has 1 rings (SSSR count). The molecule has 0 spiro atoms. The quantitative estimate of drug-likeness (QED) is 0.261. The van der Waals surface area contributed by atoms with E-state index in [4.69, 9.17) is 14.9 Å². The van der Waals surface area contributed by atoms with Crippen molar-refractivity contribution in [2.24, 2.45) is 0 Å². The summed E-state index contributed by atoms with van der Waals surface area (Å²) in [6.45, 7) is -1.65. The molecule has 0 aromatic rings.